The SMILES string of the molecule is Cc1cccc(P(c2cccc(C)c2C)c2cccc(C)c2C)c1C.c1ccc(-c2ccccc2)cc1.c1ccc(-c2ccccc2)cc1.c1ccc(-c2ccccc2)cc1. The number of rotatable bonds is 6. The third kappa shape index (κ3) is 12.2. The van der Waals surface area contributed by atoms with Crippen LogP contribution in [0.4, 0.5) is 0 Å². The van der Waals surface area contributed by atoms with Crippen LogP contribution in [0.3, 0.4) is 0 Å². The third-order valence-corrected chi connectivity index (χ3v) is 14.0. The van der Waals surface area contributed by atoms with Crippen LogP contribution in [0.1, 0.15) is 33.4 Å². The Hall–Kier alpha value is -6.59. The van der Waals surface area contributed by atoms with Crippen molar-refractivity contribution in [1.82, 2.24) is 0 Å². The molecule has 0 spiro atoms. The molecular formula is C60H57P. The van der Waals surface area contributed by atoms with Crippen molar-refractivity contribution < 1.29 is 0 Å². The van der Waals surface area contributed by atoms with Crippen LogP contribution in [-0.4, -0.2) is 0 Å². The van der Waals surface area contributed by atoms with Crippen molar-refractivity contribution in [3.8, 4) is 33.4 Å². The van der Waals surface area contributed by atoms with Crippen molar-refractivity contribution in [1.29, 1.82) is 0 Å². The van der Waals surface area contributed by atoms with Gasteiger partial charge in [0.1, 0.15) is 0 Å². The van der Waals surface area contributed by atoms with E-state index in [4.69, 9.17) is 0 Å². The lowest BCUT2D eigenvalue weighted by atomic mass is 10.1. The second-order valence-electron chi connectivity index (χ2n) is 15.2. The normalized spacial score (nSPS) is 10.3. The predicted molar refractivity (Wildman–Crippen MR) is 269 cm³/mol. The summed E-state index contributed by atoms with van der Waals surface area (Å²) in [5, 5.41) is 4.45. The van der Waals surface area contributed by atoms with Gasteiger partial charge < -0.3 is 0 Å². The minimum atomic E-state index is -0.557. The van der Waals surface area contributed by atoms with Crippen molar-refractivity contribution >= 4 is 23.8 Å². The van der Waals surface area contributed by atoms with E-state index in [9.17, 15) is 0 Å². The average Bonchev–Trinajstić information content (AvgIpc) is 3.33. The highest BCUT2D eigenvalue weighted by Gasteiger charge is 2.23. The highest BCUT2D eigenvalue weighted by Crippen LogP contribution is 2.38. The topological polar surface area (TPSA) is 0 Å². The molecule has 9 aromatic rings. The van der Waals surface area contributed by atoms with E-state index in [2.05, 4.69) is 242 Å². The fraction of sp³-hybridized carbons (Fsp3) is 0.100. The van der Waals surface area contributed by atoms with Gasteiger partial charge in [0.15, 0.2) is 0 Å². The molecule has 1 heteroatoms. The van der Waals surface area contributed by atoms with Crippen LogP contribution in [-0.2, 0) is 0 Å². The lowest BCUT2D eigenvalue weighted by Gasteiger charge is -2.26. The molecule has 9 aromatic carbocycles. The quantitative estimate of drug-likeness (QED) is 0.147. The Morgan fingerprint density at radius 2 is 0.377 bits per heavy atom. The van der Waals surface area contributed by atoms with Gasteiger partial charge in [0.25, 0.3) is 0 Å². The smallest absolute Gasteiger partial charge is 0.0119 e. The van der Waals surface area contributed by atoms with E-state index < -0.39 is 7.92 Å². The Morgan fingerprint density at radius 3 is 0.557 bits per heavy atom. The van der Waals surface area contributed by atoms with Gasteiger partial charge in [0.2, 0.25) is 0 Å². The average molecular weight is 809 g/mol. The van der Waals surface area contributed by atoms with Gasteiger partial charge >= 0.3 is 0 Å². The highest BCUT2D eigenvalue weighted by molar-refractivity contribution is 7.80. The van der Waals surface area contributed by atoms with E-state index in [1.807, 2.05) is 36.4 Å². The molecule has 0 N–H and O–H groups in total. The van der Waals surface area contributed by atoms with E-state index in [1.165, 1.54) is 82.7 Å². The molecule has 0 unspecified atom stereocenters. The molecule has 0 heterocycles. The highest BCUT2D eigenvalue weighted by atomic mass is 31.1. The van der Waals surface area contributed by atoms with Crippen LogP contribution in [0, 0.1) is 41.5 Å². The van der Waals surface area contributed by atoms with Gasteiger partial charge in [-0.1, -0.05) is 237 Å². The molecule has 0 saturated heterocycles. The van der Waals surface area contributed by atoms with Gasteiger partial charge in [-0.3, -0.25) is 0 Å². The van der Waals surface area contributed by atoms with Gasteiger partial charge in [0, 0.05) is 0 Å². The minimum Gasteiger partial charge on any atom is -0.0622 e. The van der Waals surface area contributed by atoms with Crippen LogP contribution >= 0.6 is 7.92 Å². The molecule has 0 aliphatic rings. The summed E-state index contributed by atoms with van der Waals surface area (Å²) in [6, 6.07) is 82.6. The summed E-state index contributed by atoms with van der Waals surface area (Å²) < 4.78 is 0. The van der Waals surface area contributed by atoms with E-state index in [0.717, 1.165) is 0 Å². The molecule has 302 valence electrons. The second kappa shape index (κ2) is 22.7. The first-order chi connectivity index (χ1) is 29.8. The first kappa shape index (κ1) is 44.0. The molecule has 0 saturated carbocycles. The summed E-state index contributed by atoms with van der Waals surface area (Å²) >= 11 is 0. The maximum Gasteiger partial charge on any atom is -0.0119 e. The van der Waals surface area contributed by atoms with E-state index in [1.54, 1.807) is 0 Å². The Kier molecular flexibility index (Phi) is 16.4. The van der Waals surface area contributed by atoms with Crippen LogP contribution in [0.25, 0.3) is 33.4 Å². The lowest BCUT2D eigenvalue weighted by Crippen LogP contribution is -2.26. The summed E-state index contributed by atoms with van der Waals surface area (Å²) in [5.41, 5.74) is 16.1. The summed E-state index contributed by atoms with van der Waals surface area (Å²) in [4.78, 5) is 0. The monoisotopic (exact) mass is 808 g/mol. The number of hydrogen-bond acceptors (Lipinski definition) is 0. The Morgan fingerprint density at radius 1 is 0.197 bits per heavy atom. The lowest BCUT2D eigenvalue weighted by molar-refractivity contribution is 1.35. The molecule has 0 bridgehead atoms. The third-order valence-electron chi connectivity index (χ3n) is 11.1. The number of aryl methyl sites for hydroxylation is 3. The van der Waals surface area contributed by atoms with Gasteiger partial charge in [0.05, 0.1) is 0 Å². The Labute approximate surface area is 367 Å². The summed E-state index contributed by atoms with van der Waals surface area (Å²) in [5.74, 6) is 0. The molecule has 61 heavy (non-hydrogen) atoms. The Bertz CT molecular complexity index is 2240. The number of hydrogen-bond donors (Lipinski definition) is 0. The first-order valence-electron chi connectivity index (χ1n) is 21.1. The zero-order chi connectivity index (χ0) is 42.8. The molecule has 0 atom stereocenters. The van der Waals surface area contributed by atoms with E-state index in [0.29, 0.717) is 0 Å². The van der Waals surface area contributed by atoms with Crippen molar-refractivity contribution in [3.63, 3.8) is 0 Å². The molecule has 0 aliphatic heterocycles. The largest absolute Gasteiger partial charge is 0.0622 e. The van der Waals surface area contributed by atoms with E-state index >= 15 is 0 Å². The minimum absolute atomic E-state index is 0.557. The van der Waals surface area contributed by atoms with Crippen molar-refractivity contribution in [3.05, 3.63) is 270 Å². The maximum atomic E-state index is 2.33. The zero-order valence-corrected chi connectivity index (χ0v) is 37.4. The fourth-order valence-electron chi connectivity index (χ4n) is 7.11. The Balaban J connectivity index is 0.000000146. The van der Waals surface area contributed by atoms with Crippen LogP contribution < -0.4 is 15.9 Å². The van der Waals surface area contributed by atoms with Gasteiger partial charge in [-0.2, -0.15) is 0 Å². The standard InChI is InChI=1S/C24H27P.3C12H10/c1-16-10-7-13-22(19(16)4)25(23-14-8-11-17(2)20(23)5)24-15-9-12-18(3)21(24)6;3*1-3-7-11(8-4-1)12-9-5-2-6-10-12/h7-15H,1-6H3;3*1-10H. The molecule has 0 nitrogen and oxygen atoms in total. The molecule has 0 aromatic heterocycles. The summed E-state index contributed by atoms with van der Waals surface area (Å²) in [7, 11) is -0.557. The zero-order valence-electron chi connectivity index (χ0n) is 36.5. The van der Waals surface area contributed by atoms with Crippen LogP contribution in [0.15, 0.2) is 237 Å². The summed E-state index contributed by atoms with van der Waals surface area (Å²) in [6.45, 7) is 13.5. The van der Waals surface area contributed by atoms with Crippen molar-refractivity contribution in [2.45, 2.75) is 41.5 Å². The van der Waals surface area contributed by atoms with Gasteiger partial charge in [-0.05, 0) is 132 Å². The molecule has 9 rings (SSSR count). The van der Waals surface area contributed by atoms with Crippen molar-refractivity contribution in [2.75, 3.05) is 0 Å². The van der Waals surface area contributed by atoms with E-state index in [-0.39, 0.29) is 0 Å². The first-order valence-corrected chi connectivity index (χ1v) is 22.5. The summed E-state index contributed by atoms with van der Waals surface area (Å²) in [6.07, 6.45) is 0. The number of benzene rings is 9. The maximum absolute atomic E-state index is 2.33. The van der Waals surface area contributed by atoms with Crippen molar-refractivity contribution in [2.24, 2.45) is 0 Å². The predicted octanol–water partition coefficient (Wildman–Crippen LogP) is 15.4. The molecule has 0 radical (unpaired) electrons. The van der Waals surface area contributed by atoms with Gasteiger partial charge in [-0.15, -0.1) is 0 Å². The van der Waals surface area contributed by atoms with Crippen LogP contribution in [0.5, 0.6) is 0 Å². The van der Waals surface area contributed by atoms with Crippen LogP contribution in [0.2, 0.25) is 0 Å². The fourth-order valence-corrected chi connectivity index (χ4v) is 10.1. The molecular weight excluding hydrogens is 752 g/mol. The second-order valence-corrected chi connectivity index (χ2v) is 17.3. The molecule has 0 amide bonds. The molecule has 0 fully saturated rings. The van der Waals surface area contributed by atoms with Gasteiger partial charge in [-0.25, -0.2) is 0 Å². The molecule has 0 aliphatic carbocycles.